The highest BCUT2D eigenvalue weighted by atomic mass is 127. The minimum absolute atomic E-state index is 0. The summed E-state index contributed by atoms with van der Waals surface area (Å²) in [6.45, 7) is 5.73. The third kappa shape index (κ3) is 4.62. The number of likely N-dealkylation sites (tertiary alicyclic amines) is 1. The molecule has 24 heavy (non-hydrogen) atoms. The summed E-state index contributed by atoms with van der Waals surface area (Å²) in [6, 6.07) is 8.33. The van der Waals surface area contributed by atoms with Crippen LogP contribution in [0.4, 0.5) is 0 Å². The van der Waals surface area contributed by atoms with E-state index < -0.39 is 0 Å². The zero-order valence-electron chi connectivity index (χ0n) is 14.3. The number of rotatable bonds is 2. The first-order chi connectivity index (χ1) is 11.1. The lowest BCUT2D eigenvalue weighted by atomic mass is 10.00. The van der Waals surface area contributed by atoms with Gasteiger partial charge in [-0.3, -0.25) is 4.79 Å². The van der Waals surface area contributed by atoms with E-state index in [2.05, 4.69) is 35.0 Å². The van der Waals surface area contributed by atoms with Crippen LogP contribution in [-0.2, 0) is 17.8 Å². The van der Waals surface area contributed by atoms with E-state index in [9.17, 15) is 4.79 Å². The van der Waals surface area contributed by atoms with E-state index in [1.807, 2.05) is 11.0 Å². The number of halogens is 1. The summed E-state index contributed by atoms with van der Waals surface area (Å²) in [6.07, 6.45) is 3.31. The summed E-state index contributed by atoms with van der Waals surface area (Å²) in [4.78, 5) is 20.7. The van der Waals surface area contributed by atoms with Gasteiger partial charge in [-0.05, 0) is 36.3 Å². The number of nitrogens with zero attached hydrogens (tertiary/aromatic N) is 3. The Morgan fingerprint density at radius 3 is 2.75 bits per heavy atom. The van der Waals surface area contributed by atoms with Crippen molar-refractivity contribution in [2.45, 2.75) is 32.7 Å². The number of guanidine groups is 1. The van der Waals surface area contributed by atoms with Crippen molar-refractivity contribution in [3.05, 3.63) is 35.4 Å². The highest BCUT2D eigenvalue weighted by Crippen LogP contribution is 2.18. The minimum Gasteiger partial charge on any atom is -0.370 e. The van der Waals surface area contributed by atoms with Crippen molar-refractivity contribution in [2.24, 2.45) is 16.6 Å². The maximum absolute atomic E-state index is 12.4. The molecule has 0 aromatic heterocycles. The molecule has 6 heteroatoms. The Kier molecular flexibility index (Phi) is 6.89. The van der Waals surface area contributed by atoms with Gasteiger partial charge in [-0.25, -0.2) is 4.99 Å². The Hall–Kier alpha value is -1.31. The molecule has 1 saturated heterocycles. The number of hydrogen-bond acceptors (Lipinski definition) is 2. The van der Waals surface area contributed by atoms with Crippen LogP contribution in [0.15, 0.2) is 29.3 Å². The van der Waals surface area contributed by atoms with Gasteiger partial charge >= 0.3 is 0 Å². The Bertz CT molecular complexity index is 604. The molecule has 0 bridgehead atoms. The molecule has 0 aliphatic carbocycles. The smallest absolute Gasteiger partial charge is 0.244 e. The van der Waals surface area contributed by atoms with E-state index in [0.717, 1.165) is 32.5 Å². The Labute approximate surface area is 161 Å². The number of carbonyl (C=O) groups is 1. The molecule has 1 aromatic rings. The number of aliphatic imine (C=N–C) groups is 1. The zero-order valence-corrected chi connectivity index (χ0v) is 16.6. The van der Waals surface area contributed by atoms with Crippen molar-refractivity contribution in [3.8, 4) is 0 Å². The van der Waals surface area contributed by atoms with E-state index >= 15 is 0 Å². The van der Waals surface area contributed by atoms with Crippen LogP contribution in [0.25, 0.3) is 0 Å². The highest BCUT2D eigenvalue weighted by molar-refractivity contribution is 14.0. The average molecular weight is 442 g/mol. The Morgan fingerprint density at radius 1 is 1.25 bits per heavy atom. The molecule has 1 aromatic carbocycles. The molecule has 2 N–H and O–H groups in total. The van der Waals surface area contributed by atoms with Crippen LogP contribution < -0.4 is 5.73 Å². The van der Waals surface area contributed by atoms with Crippen LogP contribution in [-0.4, -0.2) is 47.8 Å². The van der Waals surface area contributed by atoms with Gasteiger partial charge in [0, 0.05) is 26.2 Å². The molecule has 1 atom stereocenters. The topological polar surface area (TPSA) is 61.9 Å². The molecule has 2 aliphatic heterocycles. The van der Waals surface area contributed by atoms with Crippen molar-refractivity contribution in [3.63, 3.8) is 0 Å². The van der Waals surface area contributed by atoms with Crippen molar-refractivity contribution >= 4 is 35.8 Å². The van der Waals surface area contributed by atoms with Crippen LogP contribution in [0.3, 0.4) is 0 Å². The first-order valence-electron chi connectivity index (χ1n) is 8.53. The van der Waals surface area contributed by atoms with Gasteiger partial charge < -0.3 is 15.5 Å². The van der Waals surface area contributed by atoms with Crippen LogP contribution in [0, 0.1) is 5.92 Å². The first-order valence-corrected chi connectivity index (χ1v) is 8.53. The SMILES string of the molecule is CC1CCCN(C(N)=NCC(=O)N2CCc3ccccc3C2)C1.I. The van der Waals surface area contributed by atoms with E-state index in [1.54, 1.807) is 0 Å². The quantitative estimate of drug-likeness (QED) is 0.434. The largest absolute Gasteiger partial charge is 0.370 e. The van der Waals surface area contributed by atoms with Gasteiger partial charge in [0.2, 0.25) is 5.91 Å². The first kappa shape index (κ1) is 19.0. The maximum Gasteiger partial charge on any atom is 0.244 e. The molecule has 1 amide bonds. The van der Waals surface area contributed by atoms with Gasteiger partial charge in [0.15, 0.2) is 5.96 Å². The lowest BCUT2D eigenvalue weighted by Crippen LogP contribution is -2.44. The van der Waals surface area contributed by atoms with Crippen molar-refractivity contribution in [1.82, 2.24) is 9.80 Å². The van der Waals surface area contributed by atoms with Gasteiger partial charge in [0.1, 0.15) is 6.54 Å². The van der Waals surface area contributed by atoms with Gasteiger partial charge in [0.05, 0.1) is 0 Å². The summed E-state index contributed by atoms with van der Waals surface area (Å²) in [5, 5.41) is 0. The Balaban J connectivity index is 0.00000208. The van der Waals surface area contributed by atoms with Crippen LogP contribution >= 0.6 is 24.0 Å². The fourth-order valence-corrected chi connectivity index (χ4v) is 3.45. The second kappa shape index (κ2) is 8.69. The van der Waals surface area contributed by atoms with Crippen LogP contribution in [0.5, 0.6) is 0 Å². The molecule has 1 fully saturated rings. The average Bonchev–Trinajstić information content (AvgIpc) is 2.59. The number of benzene rings is 1. The van der Waals surface area contributed by atoms with E-state index in [0.29, 0.717) is 18.4 Å². The highest BCUT2D eigenvalue weighted by Gasteiger charge is 2.21. The zero-order chi connectivity index (χ0) is 16.2. The van der Waals surface area contributed by atoms with E-state index in [4.69, 9.17) is 5.73 Å². The molecule has 0 spiro atoms. The molecule has 3 rings (SSSR count). The summed E-state index contributed by atoms with van der Waals surface area (Å²) in [5.74, 6) is 1.22. The maximum atomic E-state index is 12.4. The number of fused-ring (bicyclic) bond motifs is 1. The van der Waals surface area contributed by atoms with Gasteiger partial charge in [-0.2, -0.15) is 0 Å². The lowest BCUT2D eigenvalue weighted by Gasteiger charge is -2.32. The molecule has 1 unspecified atom stereocenters. The van der Waals surface area contributed by atoms with E-state index in [-0.39, 0.29) is 36.4 Å². The normalized spacial score (nSPS) is 21.0. The van der Waals surface area contributed by atoms with Crippen LogP contribution in [0.1, 0.15) is 30.9 Å². The second-order valence-corrected chi connectivity index (χ2v) is 6.70. The number of carbonyl (C=O) groups excluding carboxylic acids is 1. The molecular weight excluding hydrogens is 415 g/mol. The molecule has 5 nitrogen and oxygen atoms in total. The van der Waals surface area contributed by atoms with Crippen molar-refractivity contribution in [1.29, 1.82) is 0 Å². The molecule has 0 radical (unpaired) electrons. The summed E-state index contributed by atoms with van der Waals surface area (Å²) < 4.78 is 0. The fourth-order valence-electron chi connectivity index (χ4n) is 3.45. The predicted octanol–water partition coefficient (Wildman–Crippen LogP) is 2.24. The third-order valence-electron chi connectivity index (χ3n) is 4.84. The summed E-state index contributed by atoms with van der Waals surface area (Å²) in [5.41, 5.74) is 8.66. The van der Waals surface area contributed by atoms with Gasteiger partial charge in [-0.1, -0.05) is 31.2 Å². The Morgan fingerprint density at radius 2 is 2.00 bits per heavy atom. The van der Waals surface area contributed by atoms with Crippen molar-refractivity contribution in [2.75, 3.05) is 26.2 Å². The van der Waals surface area contributed by atoms with Gasteiger partial charge in [-0.15, -0.1) is 24.0 Å². The predicted molar refractivity (Wildman–Crippen MR) is 107 cm³/mol. The standard InChI is InChI=1S/C18H26N4O.HI/c1-14-5-4-9-22(12-14)18(19)20-11-17(23)21-10-8-15-6-2-3-7-16(15)13-21;/h2-3,6-7,14H,4-5,8-13H2,1H3,(H2,19,20);1H. The minimum atomic E-state index is 0. The molecule has 2 aliphatic rings. The monoisotopic (exact) mass is 442 g/mol. The fraction of sp³-hybridized carbons (Fsp3) is 0.556. The number of nitrogens with two attached hydrogens (primary N) is 1. The molecule has 132 valence electrons. The number of amides is 1. The lowest BCUT2D eigenvalue weighted by molar-refractivity contribution is -0.130. The third-order valence-corrected chi connectivity index (χ3v) is 4.84. The van der Waals surface area contributed by atoms with E-state index in [1.165, 1.54) is 17.5 Å². The second-order valence-electron chi connectivity index (χ2n) is 6.70. The summed E-state index contributed by atoms with van der Waals surface area (Å²) >= 11 is 0. The number of piperidine rings is 1. The molecule has 0 saturated carbocycles. The molecule has 2 heterocycles. The number of hydrogen-bond donors (Lipinski definition) is 1. The van der Waals surface area contributed by atoms with Crippen molar-refractivity contribution < 1.29 is 4.79 Å². The van der Waals surface area contributed by atoms with Crippen LogP contribution in [0.2, 0.25) is 0 Å². The molecular formula is C18H27IN4O. The summed E-state index contributed by atoms with van der Waals surface area (Å²) in [7, 11) is 0. The van der Waals surface area contributed by atoms with Gasteiger partial charge in [0.25, 0.3) is 0 Å².